The smallest absolute Gasteiger partial charge is 0.123 e. The Labute approximate surface area is 89.9 Å². The summed E-state index contributed by atoms with van der Waals surface area (Å²) < 4.78 is 13.1. The minimum Gasteiger partial charge on any atom is -0.396 e. The van der Waals surface area contributed by atoms with E-state index in [1.165, 1.54) is 11.6 Å². The van der Waals surface area contributed by atoms with Gasteiger partial charge in [-0.3, -0.25) is 0 Å². The number of hydrogen-bond donors (Lipinski definition) is 1. The molecule has 2 rings (SSSR count). The van der Waals surface area contributed by atoms with Crippen molar-refractivity contribution in [2.75, 3.05) is 6.61 Å². The van der Waals surface area contributed by atoms with Gasteiger partial charge in [-0.1, -0.05) is 13.0 Å². The number of hydrogen-bond acceptors (Lipinski definition) is 1. The fourth-order valence-electron chi connectivity index (χ4n) is 2.54. The van der Waals surface area contributed by atoms with Crippen molar-refractivity contribution in [1.29, 1.82) is 0 Å². The molecule has 82 valence electrons. The molecule has 1 aliphatic rings. The molecule has 1 N–H and O–H groups in total. The van der Waals surface area contributed by atoms with E-state index in [2.05, 4.69) is 6.92 Å². The maximum atomic E-state index is 13.1. The number of rotatable bonds is 2. The molecular formula is C13H17FO. The maximum absolute atomic E-state index is 13.1. The first-order valence-electron chi connectivity index (χ1n) is 5.61. The molecule has 0 radical (unpaired) electrons. The Kier molecular flexibility index (Phi) is 3.06. The normalized spacial score (nSPS) is 22.2. The average molecular weight is 208 g/mol. The Morgan fingerprint density at radius 1 is 1.53 bits per heavy atom. The van der Waals surface area contributed by atoms with Crippen molar-refractivity contribution in [3.63, 3.8) is 0 Å². The number of halogens is 1. The summed E-state index contributed by atoms with van der Waals surface area (Å²) >= 11 is 0. The van der Waals surface area contributed by atoms with E-state index in [1.54, 1.807) is 6.07 Å². The molecule has 0 aromatic heterocycles. The molecule has 0 heterocycles. The van der Waals surface area contributed by atoms with Crippen LogP contribution in [-0.4, -0.2) is 11.7 Å². The third-order valence-electron chi connectivity index (χ3n) is 3.44. The van der Waals surface area contributed by atoms with Crippen molar-refractivity contribution in [2.45, 2.75) is 32.1 Å². The molecule has 2 atom stereocenters. The third kappa shape index (κ3) is 2.05. The predicted octanol–water partition coefficient (Wildman–Crippen LogP) is 2.87. The highest BCUT2D eigenvalue weighted by atomic mass is 19.1. The molecule has 0 saturated carbocycles. The number of aliphatic hydroxyl groups is 1. The van der Waals surface area contributed by atoms with Gasteiger partial charge in [0.25, 0.3) is 0 Å². The lowest BCUT2D eigenvalue weighted by molar-refractivity contribution is 0.208. The summed E-state index contributed by atoms with van der Waals surface area (Å²) in [6, 6.07) is 5.06. The Hall–Kier alpha value is -0.890. The van der Waals surface area contributed by atoms with E-state index >= 15 is 0 Å². The number of aryl methyl sites for hydroxylation is 1. The molecule has 2 heteroatoms. The topological polar surface area (TPSA) is 20.2 Å². The zero-order valence-corrected chi connectivity index (χ0v) is 9.04. The van der Waals surface area contributed by atoms with E-state index in [4.69, 9.17) is 0 Å². The van der Waals surface area contributed by atoms with E-state index in [0.29, 0.717) is 5.92 Å². The fourth-order valence-corrected chi connectivity index (χ4v) is 2.54. The van der Waals surface area contributed by atoms with Crippen LogP contribution in [0, 0.1) is 11.7 Å². The standard InChI is InChI=1S/C13H17FO/c1-9(8-15)12-4-2-3-10-7-11(14)5-6-13(10)12/h5-7,9,12,15H,2-4,8H2,1H3. The van der Waals surface area contributed by atoms with E-state index in [-0.39, 0.29) is 18.3 Å². The van der Waals surface area contributed by atoms with Gasteiger partial charge in [0.05, 0.1) is 0 Å². The number of fused-ring (bicyclic) bond motifs is 1. The van der Waals surface area contributed by atoms with Gasteiger partial charge in [-0.2, -0.15) is 0 Å². The summed E-state index contributed by atoms with van der Waals surface area (Å²) in [6.45, 7) is 2.27. The minimum absolute atomic E-state index is 0.147. The van der Waals surface area contributed by atoms with Crippen LogP contribution in [0.2, 0.25) is 0 Å². The maximum Gasteiger partial charge on any atom is 0.123 e. The zero-order chi connectivity index (χ0) is 10.8. The SMILES string of the molecule is CC(CO)C1CCCc2cc(F)ccc21. The molecule has 1 aromatic rings. The molecule has 0 bridgehead atoms. The number of aliphatic hydroxyl groups excluding tert-OH is 1. The van der Waals surface area contributed by atoms with Gasteiger partial charge in [-0.05, 0) is 54.4 Å². The summed E-state index contributed by atoms with van der Waals surface area (Å²) in [4.78, 5) is 0. The summed E-state index contributed by atoms with van der Waals surface area (Å²) in [7, 11) is 0. The Morgan fingerprint density at radius 2 is 2.33 bits per heavy atom. The molecule has 0 spiro atoms. The molecule has 0 amide bonds. The van der Waals surface area contributed by atoms with Crippen LogP contribution >= 0.6 is 0 Å². The van der Waals surface area contributed by atoms with Crippen LogP contribution in [0.15, 0.2) is 18.2 Å². The first-order valence-corrected chi connectivity index (χ1v) is 5.61. The Bertz CT molecular complexity index is 348. The van der Waals surface area contributed by atoms with Crippen molar-refractivity contribution in [3.05, 3.63) is 35.1 Å². The summed E-state index contributed by atoms with van der Waals surface area (Å²) in [5.41, 5.74) is 2.37. The molecule has 1 aromatic carbocycles. The van der Waals surface area contributed by atoms with Gasteiger partial charge in [-0.25, -0.2) is 4.39 Å². The summed E-state index contributed by atoms with van der Waals surface area (Å²) in [5, 5.41) is 9.19. The molecular weight excluding hydrogens is 191 g/mol. The summed E-state index contributed by atoms with van der Waals surface area (Å²) in [5.74, 6) is 0.528. The summed E-state index contributed by atoms with van der Waals surface area (Å²) in [6.07, 6.45) is 3.19. The first-order chi connectivity index (χ1) is 7.22. The third-order valence-corrected chi connectivity index (χ3v) is 3.44. The van der Waals surface area contributed by atoms with Crippen LogP contribution in [0.25, 0.3) is 0 Å². The van der Waals surface area contributed by atoms with Crippen molar-refractivity contribution in [2.24, 2.45) is 5.92 Å². The van der Waals surface area contributed by atoms with Crippen LogP contribution < -0.4 is 0 Å². The second kappa shape index (κ2) is 4.31. The van der Waals surface area contributed by atoms with Crippen LogP contribution in [0.3, 0.4) is 0 Å². The first kappa shape index (κ1) is 10.6. The molecule has 1 nitrogen and oxygen atoms in total. The van der Waals surface area contributed by atoms with E-state index in [0.717, 1.165) is 24.8 Å². The lowest BCUT2D eigenvalue weighted by atomic mass is 9.76. The van der Waals surface area contributed by atoms with Gasteiger partial charge < -0.3 is 5.11 Å². The predicted molar refractivity (Wildman–Crippen MR) is 58.3 cm³/mol. The van der Waals surface area contributed by atoms with E-state index in [9.17, 15) is 9.50 Å². The van der Waals surface area contributed by atoms with Crippen molar-refractivity contribution < 1.29 is 9.50 Å². The minimum atomic E-state index is -0.147. The van der Waals surface area contributed by atoms with Gasteiger partial charge >= 0.3 is 0 Å². The molecule has 15 heavy (non-hydrogen) atoms. The highest BCUT2D eigenvalue weighted by molar-refractivity contribution is 5.33. The molecule has 1 aliphatic carbocycles. The average Bonchev–Trinajstić information content (AvgIpc) is 2.26. The van der Waals surface area contributed by atoms with Crippen LogP contribution in [-0.2, 0) is 6.42 Å². The van der Waals surface area contributed by atoms with Gasteiger partial charge in [0.2, 0.25) is 0 Å². The largest absolute Gasteiger partial charge is 0.396 e. The fraction of sp³-hybridized carbons (Fsp3) is 0.538. The second-order valence-electron chi connectivity index (χ2n) is 4.50. The Balaban J connectivity index is 2.34. The Morgan fingerprint density at radius 3 is 3.07 bits per heavy atom. The zero-order valence-electron chi connectivity index (χ0n) is 9.04. The van der Waals surface area contributed by atoms with Gasteiger partial charge in [0.15, 0.2) is 0 Å². The van der Waals surface area contributed by atoms with E-state index < -0.39 is 0 Å². The monoisotopic (exact) mass is 208 g/mol. The lowest BCUT2D eigenvalue weighted by Crippen LogP contribution is -2.19. The molecule has 0 aliphatic heterocycles. The van der Waals surface area contributed by atoms with Crippen LogP contribution in [0.1, 0.15) is 36.8 Å². The highest BCUT2D eigenvalue weighted by Gasteiger charge is 2.24. The van der Waals surface area contributed by atoms with Crippen molar-refractivity contribution in [3.8, 4) is 0 Å². The van der Waals surface area contributed by atoms with Crippen molar-refractivity contribution in [1.82, 2.24) is 0 Å². The lowest BCUT2D eigenvalue weighted by Gasteiger charge is -2.29. The molecule has 0 fully saturated rings. The molecule has 2 unspecified atom stereocenters. The van der Waals surface area contributed by atoms with Crippen LogP contribution in [0.4, 0.5) is 4.39 Å². The number of benzene rings is 1. The van der Waals surface area contributed by atoms with E-state index in [1.807, 2.05) is 6.07 Å². The molecule has 0 saturated heterocycles. The van der Waals surface area contributed by atoms with Gasteiger partial charge in [0.1, 0.15) is 5.82 Å². The second-order valence-corrected chi connectivity index (χ2v) is 4.50. The highest BCUT2D eigenvalue weighted by Crippen LogP contribution is 2.36. The van der Waals surface area contributed by atoms with Gasteiger partial charge in [-0.15, -0.1) is 0 Å². The van der Waals surface area contributed by atoms with Crippen molar-refractivity contribution >= 4 is 0 Å². The van der Waals surface area contributed by atoms with Crippen LogP contribution in [0.5, 0.6) is 0 Å². The van der Waals surface area contributed by atoms with Gasteiger partial charge in [0, 0.05) is 6.61 Å². The quantitative estimate of drug-likeness (QED) is 0.792.